The highest BCUT2D eigenvalue weighted by molar-refractivity contribution is 7.92. The number of carbonyl (C=O) groups is 1. The largest absolute Gasteiger partial charge is 0.460 e. The Balaban J connectivity index is 1.30. The molecule has 2 N–H and O–H groups in total. The van der Waals surface area contributed by atoms with Gasteiger partial charge in [0, 0.05) is 31.0 Å². The lowest BCUT2D eigenvalue weighted by Gasteiger charge is -2.32. The van der Waals surface area contributed by atoms with Gasteiger partial charge in [-0.05, 0) is 100 Å². The molecule has 1 atom stereocenters. The molecule has 1 amide bonds. The summed E-state index contributed by atoms with van der Waals surface area (Å²) in [6, 6.07) is 19.5. The molecule has 1 saturated heterocycles. The molecule has 9 nitrogen and oxygen atoms in total. The van der Waals surface area contributed by atoms with Crippen molar-refractivity contribution in [3.05, 3.63) is 101 Å². The van der Waals surface area contributed by atoms with Crippen LogP contribution in [0.4, 0.5) is 10.1 Å². The molecule has 12 heteroatoms. The average molecular weight is 705 g/mol. The van der Waals surface area contributed by atoms with E-state index in [1.165, 1.54) is 22.7 Å². The quantitative estimate of drug-likeness (QED) is 0.130. The normalized spacial score (nSPS) is 17.7. The van der Waals surface area contributed by atoms with Crippen molar-refractivity contribution in [1.82, 2.24) is 0 Å². The van der Waals surface area contributed by atoms with E-state index in [9.17, 15) is 17.6 Å². The zero-order chi connectivity index (χ0) is 35.8. The van der Waals surface area contributed by atoms with Crippen LogP contribution in [0.1, 0.15) is 85.7 Å². The second kappa shape index (κ2) is 14.1. The summed E-state index contributed by atoms with van der Waals surface area (Å²) in [6.45, 7) is 9.06. The number of nitrogens with two attached hydrogens (primary N) is 1. The maximum absolute atomic E-state index is 13.6. The third-order valence-electron chi connectivity index (χ3n) is 10.2. The molecular weight excluding hydrogens is 658 g/mol. The summed E-state index contributed by atoms with van der Waals surface area (Å²) in [5, 5.41) is 0.543. The number of anilines is 1. The molecule has 0 bridgehead atoms. The van der Waals surface area contributed by atoms with Crippen molar-refractivity contribution >= 4 is 39.7 Å². The Kier molecular flexibility index (Phi) is 10.2. The highest BCUT2D eigenvalue weighted by Crippen LogP contribution is 2.47. The van der Waals surface area contributed by atoms with Gasteiger partial charge in [0.15, 0.2) is 0 Å². The Hall–Kier alpha value is -3.71. The molecule has 1 aliphatic heterocycles. The van der Waals surface area contributed by atoms with Gasteiger partial charge in [-0.2, -0.15) is 0 Å². The number of benzene rings is 3. The molecule has 2 aliphatic rings. The molecule has 0 spiro atoms. The molecule has 6 rings (SSSR count). The topological polar surface area (TPSA) is 121 Å². The molecule has 1 aliphatic carbocycles. The van der Waals surface area contributed by atoms with Gasteiger partial charge < -0.3 is 24.2 Å². The summed E-state index contributed by atoms with van der Waals surface area (Å²) in [7, 11) is -4.22. The van der Waals surface area contributed by atoms with Crippen molar-refractivity contribution in [1.29, 1.82) is 0 Å². The van der Waals surface area contributed by atoms with Crippen LogP contribution in [0, 0.1) is 11.7 Å². The molecule has 2 fully saturated rings. The summed E-state index contributed by atoms with van der Waals surface area (Å²) in [5.41, 5.74) is 8.66. The number of primary amides is 1. The minimum absolute atomic E-state index is 0.0850. The first-order valence-corrected chi connectivity index (χ1v) is 19.0. The third-order valence-corrected chi connectivity index (χ3v) is 11.3. The van der Waals surface area contributed by atoms with E-state index in [0.717, 1.165) is 29.5 Å². The predicted octanol–water partition coefficient (Wildman–Crippen LogP) is 7.22. The van der Waals surface area contributed by atoms with E-state index in [4.69, 9.17) is 24.2 Å². The highest BCUT2D eigenvalue weighted by atomic mass is 32.2. The Bertz CT molecular complexity index is 1930. The monoisotopic (exact) mass is 704 g/mol. The van der Waals surface area contributed by atoms with Crippen LogP contribution in [-0.4, -0.2) is 52.1 Å². The van der Waals surface area contributed by atoms with Crippen molar-refractivity contribution in [3.8, 4) is 0 Å². The molecule has 266 valence electrons. The summed E-state index contributed by atoms with van der Waals surface area (Å²) in [6.07, 6.45) is 4.25. The molecular formula is C38H46BFN2O7S. The number of nitrogens with zero attached hydrogens (tertiary/aromatic N) is 1. The second-order valence-electron chi connectivity index (χ2n) is 14.7. The Morgan fingerprint density at radius 3 is 2.28 bits per heavy atom. The number of sulfonamides is 1. The average Bonchev–Trinajstić information content (AvgIpc) is 3.78. The van der Waals surface area contributed by atoms with Gasteiger partial charge in [-0.25, -0.2) is 12.8 Å². The summed E-state index contributed by atoms with van der Waals surface area (Å²) in [4.78, 5) is 12.8. The fourth-order valence-corrected chi connectivity index (χ4v) is 7.56. The van der Waals surface area contributed by atoms with E-state index < -0.39 is 34.3 Å². The number of fused-ring (bicyclic) bond motifs is 1. The van der Waals surface area contributed by atoms with Crippen LogP contribution in [0.25, 0.3) is 11.0 Å². The van der Waals surface area contributed by atoms with Crippen molar-refractivity contribution in [2.24, 2.45) is 11.7 Å². The zero-order valence-electron chi connectivity index (χ0n) is 29.4. The first kappa shape index (κ1) is 36.1. The number of halogens is 1. The van der Waals surface area contributed by atoms with Crippen LogP contribution in [0.2, 0.25) is 6.32 Å². The number of furan rings is 1. The van der Waals surface area contributed by atoms with E-state index in [-0.39, 0.29) is 36.2 Å². The van der Waals surface area contributed by atoms with Crippen LogP contribution in [0.5, 0.6) is 0 Å². The lowest BCUT2D eigenvalue weighted by molar-refractivity contribution is 0.00578. The van der Waals surface area contributed by atoms with E-state index in [1.54, 1.807) is 18.2 Å². The van der Waals surface area contributed by atoms with Gasteiger partial charge in [0.2, 0.25) is 10.0 Å². The van der Waals surface area contributed by atoms with E-state index in [1.807, 2.05) is 64.1 Å². The fourth-order valence-electron chi connectivity index (χ4n) is 6.60. The number of ether oxygens (including phenoxy) is 1. The SMILES string of the molecule is CC1(C)OB(CC(CCN(c2cc3oc(Cc4ccc(F)cc4)c(C(N)=O)c3cc2C2CC2)S(C)(=O)=O)COCc2ccccc2)OC1(C)C. The molecule has 1 aromatic heterocycles. The number of hydrogen-bond acceptors (Lipinski definition) is 7. The van der Waals surface area contributed by atoms with Crippen LogP contribution in [0.3, 0.4) is 0 Å². The lowest BCUT2D eigenvalue weighted by atomic mass is 9.76. The molecule has 2 heterocycles. The maximum Gasteiger partial charge on any atom is 0.458 e. The zero-order valence-corrected chi connectivity index (χ0v) is 30.2. The first-order valence-electron chi connectivity index (χ1n) is 17.2. The van der Waals surface area contributed by atoms with E-state index in [0.29, 0.717) is 48.4 Å². The van der Waals surface area contributed by atoms with Gasteiger partial charge in [-0.1, -0.05) is 42.5 Å². The predicted molar refractivity (Wildman–Crippen MR) is 193 cm³/mol. The number of hydrogen-bond donors (Lipinski definition) is 1. The van der Waals surface area contributed by atoms with Crippen LogP contribution < -0.4 is 10.0 Å². The molecule has 50 heavy (non-hydrogen) atoms. The van der Waals surface area contributed by atoms with Crippen LogP contribution in [0.15, 0.2) is 71.1 Å². The van der Waals surface area contributed by atoms with Crippen LogP contribution >= 0.6 is 0 Å². The minimum Gasteiger partial charge on any atom is -0.460 e. The molecule has 3 aromatic carbocycles. The molecule has 0 radical (unpaired) electrons. The number of rotatable bonds is 15. The summed E-state index contributed by atoms with van der Waals surface area (Å²) < 4.78 is 67.2. The standard InChI is InChI=1S/C38H46BFN2O7S/c1-37(2)38(3,4)49-39(48-37)22-27(24-46-23-26-9-7-6-8-10-26)17-18-42(50(5,44)45)32-21-33-31(20-30(32)28-13-14-28)35(36(41)43)34(47-33)19-25-11-15-29(40)16-12-25/h6-12,15-16,20-21,27-28H,13-14,17-19,22-24H2,1-5H3,(H2,41,43). The van der Waals surface area contributed by atoms with E-state index in [2.05, 4.69) is 0 Å². The van der Waals surface area contributed by atoms with Gasteiger partial charge in [0.25, 0.3) is 5.91 Å². The maximum atomic E-state index is 13.6. The van der Waals surface area contributed by atoms with Gasteiger partial charge in [0.1, 0.15) is 17.2 Å². The highest BCUT2D eigenvalue weighted by Gasteiger charge is 2.51. The number of amides is 1. The van der Waals surface area contributed by atoms with Crippen LogP contribution in [-0.2, 0) is 37.1 Å². The van der Waals surface area contributed by atoms with Gasteiger partial charge in [-0.15, -0.1) is 0 Å². The van der Waals surface area contributed by atoms with Gasteiger partial charge >= 0.3 is 7.12 Å². The second-order valence-corrected chi connectivity index (χ2v) is 16.6. The molecule has 1 saturated carbocycles. The minimum atomic E-state index is -3.75. The van der Waals surface area contributed by atoms with Crippen molar-refractivity contribution in [2.45, 2.75) is 83.4 Å². The Labute approximate surface area is 294 Å². The fraction of sp³-hybridized carbons (Fsp3) is 0.447. The van der Waals surface area contributed by atoms with E-state index >= 15 is 0 Å². The van der Waals surface area contributed by atoms with Gasteiger partial charge in [0.05, 0.1) is 35.3 Å². The molecule has 1 unspecified atom stereocenters. The summed E-state index contributed by atoms with van der Waals surface area (Å²) in [5.74, 6) is -0.602. The number of carbonyl (C=O) groups excluding carboxylic acids is 1. The lowest BCUT2D eigenvalue weighted by Crippen LogP contribution is -2.41. The van der Waals surface area contributed by atoms with Crippen molar-refractivity contribution < 1.29 is 36.1 Å². The van der Waals surface area contributed by atoms with Crippen molar-refractivity contribution in [3.63, 3.8) is 0 Å². The third kappa shape index (κ3) is 8.09. The van der Waals surface area contributed by atoms with Crippen molar-refractivity contribution in [2.75, 3.05) is 23.7 Å². The first-order chi connectivity index (χ1) is 23.6. The Morgan fingerprint density at radius 2 is 1.68 bits per heavy atom. The van der Waals surface area contributed by atoms with Gasteiger partial charge in [-0.3, -0.25) is 9.10 Å². The smallest absolute Gasteiger partial charge is 0.458 e. The summed E-state index contributed by atoms with van der Waals surface area (Å²) >= 11 is 0. The molecule has 4 aromatic rings. The Morgan fingerprint density at radius 1 is 1.02 bits per heavy atom.